The lowest BCUT2D eigenvalue weighted by atomic mass is 9.89. The Morgan fingerprint density at radius 2 is 2.00 bits per heavy atom. The molecule has 0 bridgehead atoms. The number of benzene rings is 1. The fraction of sp³-hybridized carbons (Fsp3) is 0.567. The number of hydrogen-bond donors (Lipinski definition) is 4. The zero-order valence-corrected chi connectivity index (χ0v) is 22.4. The number of rotatable bonds is 16. The molecule has 7 heteroatoms. The van der Waals surface area contributed by atoms with E-state index in [-0.39, 0.29) is 24.4 Å². The van der Waals surface area contributed by atoms with Gasteiger partial charge in [0.25, 0.3) is 0 Å². The average molecular weight is 515 g/mol. The van der Waals surface area contributed by atoms with Gasteiger partial charge in [0.05, 0.1) is 24.7 Å². The van der Waals surface area contributed by atoms with Gasteiger partial charge in [-0.25, -0.2) is 0 Å². The van der Waals surface area contributed by atoms with Crippen molar-refractivity contribution in [3.05, 3.63) is 59.2 Å². The molecule has 0 amide bonds. The van der Waals surface area contributed by atoms with Gasteiger partial charge in [0.2, 0.25) is 0 Å². The molecule has 0 aliphatic carbocycles. The van der Waals surface area contributed by atoms with E-state index in [1.54, 1.807) is 13.0 Å². The van der Waals surface area contributed by atoms with Gasteiger partial charge >= 0.3 is 0 Å². The quantitative estimate of drug-likeness (QED) is 0.193. The van der Waals surface area contributed by atoms with Gasteiger partial charge in [0.1, 0.15) is 30.9 Å². The molecule has 37 heavy (non-hydrogen) atoms. The molecule has 0 saturated heterocycles. The van der Waals surface area contributed by atoms with E-state index in [2.05, 4.69) is 24.9 Å². The Balaban J connectivity index is 1.44. The van der Waals surface area contributed by atoms with Gasteiger partial charge < -0.3 is 29.9 Å². The predicted molar refractivity (Wildman–Crippen MR) is 146 cm³/mol. The highest BCUT2D eigenvalue weighted by atomic mass is 16.5. The van der Waals surface area contributed by atoms with Gasteiger partial charge in [-0.3, -0.25) is 0 Å². The minimum Gasteiger partial charge on any atom is -0.504 e. The van der Waals surface area contributed by atoms with Crippen molar-refractivity contribution in [3.8, 4) is 11.5 Å². The summed E-state index contributed by atoms with van der Waals surface area (Å²) in [4.78, 5) is 4.49. The van der Waals surface area contributed by atoms with Gasteiger partial charge in [-0.15, -0.1) is 16.6 Å². The van der Waals surface area contributed by atoms with Crippen LogP contribution in [0.1, 0.15) is 71.3 Å². The second-order valence-corrected chi connectivity index (χ2v) is 10.2. The SMILES string of the molecule is CCCCC1[OH+][C-](CCc2ccc(O)c(OCCC3=C[C+]([C@H](C)CC[C@H](O)[C@H](C)O)C=N3)c2)C=C1CO. The number of phenolic OH excluding ortho intramolecular Hbond substituents is 1. The summed E-state index contributed by atoms with van der Waals surface area (Å²) in [5.41, 5.74) is 3.00. The molecule has 0 saturated carbocycles. The number of nitrogens with zero attached hydrogens (tertiary/aromatic N) is 1. The molecule has 7 nitrogen and oxygen atoms in total. The molecular weight excluding hydrogens is 470 g/mol. The van der Waals surface area contributed by atoms with Crippen LogP contribution in [0.3, 0.4) is 0 Å². The third kappa shape index (κ3) is 8.82. The lowest BCUT2D eigenvalue weighted by Gasteiger charge is -2.19. The fourth-order valence-electron chi connectivity index (χ4n) is 4.59. The van der Waals surface area contributed by atoms with Crippen molar-refractivity contribution < 1.29 is 29.9 Å². The largest absolute Gasteiger partial charge is 0.504 e. The van der Waals surface area contributed by atoms with E-state index < -0.39 is 12.2 Å². The number of aliphatic hydroxyl groups is 5. The van der Waals surface area contributed by atoms with E-state index in [1.165, 1.54) is 0 Å². The molecule has 2 aliphatic rings. The number of unbranched alkanes of at least 4 members (excludes halogenated alkanes) is 1. The van der Waals surface area contributed by atoms with E-state index >= 15 is 0 Å². The molecule has 1 aromatic rings. The summed E-state index contributed by atoms with van der Waals surface area (Å²) >= 11 is 0. The molecule has 3 rings (SSSR count). The van der Waals surface area contributed by atoms with Crippen molar-refractivity contribution in [1.29, 1.82) is 0 Å². The van der Waals surface area contributed by atoms with Crippen LogP contribution in [0.4, 0.5) is 0 Å². The molecule has 0 fully saturated rings. The second kappa shape index (κ2) is 14.5. The topological polar surface area (TPSA) is 115 Å². The Morgan fingerprint density at radius 3 is 2.73 bits per heavy atom. The molecule has 1 unspecified atom stereocenters. The number of ether oxygens (including phenoxy) is 2. The van der Waals surface area contributed by atoms with Gasteiger partial charge in [-0.2, -0.15) is 0 Å². The molecule has 2 heterocycles. The zero-order chi connectivity index (χ0) is 26.8. The van der Waals surface area contributed by atoms with Crippen molar-refractivity contribution in [1.82, 2.24) is 0 Å². The van der Waals surface area contributed by atoms with Crippen molar-refractivity contribution in [2.24, 2.45) is 10.9 Å². The smallest absolute Gasteiger partial charge is 0.178 e. The number of allylic oxidation sites excluding steroid dienone is 1. The normalized spacial score (nSPS) is 19.7. The number of aliphatic imine (C=N–C) groups is 1. The minimum atomic E-state index is -0.719. The van der Waals surface area contributed by atoms with Crippen LogP contribution >= 0.6 is 0 Å². The number of aromatic hydroxyl groups is 1. The molecule has 0 radical (unpaired) electrons. The fourth-order valence-corrected chi connectivity index (χ4v) is 4.59. The summed E-state index contributed by atoms with van der Waals surface area (Å²) in [5.74, 6) is 1.94. The first-order valence-corrected chi connectivity index (χ1v) is 13.6. The summed E-state index contributed by atoms with van der Waals surface area (Å²) in [7, 11) is 0. The highest BCUT2D eigenvalue weighted by Crippen LogP contribution is 2.32. The van der Waals surface area contributed by atoms with E-state index in [1.807, 2.05) is 24.4 Å². The number of hydrogen-bond acceptors (Lipinski definition) is 6. The van der Waals surface area contributed by atoms with Crippen LogP contribution in [0.15, 0.2) is 46.6 Å². The average Bonchev–Trinajstić information content (AvgIpc) is 3.52. The Kier molecular flexibility index (Phi) is 11.4. The standard InChI is InChI=1S/C30H43NO6/c1-4-5-6-29-24(19-32)17-26(37-29)10-8-22-9-12-28(35)30(15-22)36-14-13-25-16-23(18-31-25)20(2)7-11-27(34)21(3)33/h9,12,15-18,20-21,27,29,32-34,37H,4-8,10-11,13-14,19H2,1-3H3/p+1/t20-,21+,27+,29?/m1/s1. The predicted octanol–water partition coefficient (Wildman–Crippen LogP) is 4.35. The highest BCUT2D eigenvalue weighted by Gasteiger charge is 2.28. The molecule has 1 aromatic carbocycles. The number of phenols is 1. The summed E-state index contributed by atoms with van der Waals surface area (Å²) in [6, 6.07) is 5.46. The zero-order valence-electron chi connectivity index (χ0n) is 22.4. The monoisotopic (exact) mass is 514 g/mol. The van der Waals surface area contributed by atoms with Crippen LogP contribution in [-0.2, 0) is 6.42 Å². The van der Waals surface area contributed by atoms with E-state index in [0.29, 0.717) is 25.2 Å². The first-order chi connectivity index (χ1) is 17.8. The maximum atomic E-state index is 10.3. The first kappa shape index (κ1) is 29.1. The molecule has 4 atom stereocenters. The van der Waals surface area contributed by atoms with Gasteiger partial charge in [-0.1, -0.05) is 19.4 Å². The Morgan fingerprint density at radius 1 is 1.19 bits per heavy atom. The molecule has 2 aliphatic heterocycles. The van der Waals surface area contributed by atoms with Crippen LogP contribution in [0.5, 0.6) is 11.5 Å². The number of aliphatic hydroxyl groups excluding tert-OH is 3. The minimum absolute atomic E-state index is 0.0589. The second-order valence-electron chi connectivity index (χ2n) is 10.2. The Hall–Kier alpha value is -2.45. The summed E-state index contributed by atoms with van der Waals surface area (Å²) < 4.78 is 10.7. The van der Waals surface area contributed by atoms with Crippen LogP contribution in [0, 0.1) is 17.9 Å². The lowest BCUT2D eigenvalue weighted by Crippen LogP contribution is -2.23. The Labute approximate surface area is 221 Å². The van der Waals surface area contributed by atoms with Crippen LogP contribution in [-0.4, -0.2) is 62.9 Å². The van der Waals surface area contributed by atoms with Crippen molar-refractivity contribution in [2.45, 2.75) is 90.4 Å². The highest BCUT2D eigenvalue weighted by molar-refractivity contribution is 5.82. The van der Waals surface area contributed by atoms with Gasteiger partial charge in [0.15, 0.2) is 17.2 Å². The molecule has 0 aromatic heterocycles. The van der Waals surface area contributed by atoms with E-state index in [0.717, 1.165) is 67.4 Å². The van der Waals surface area contributed by atoms with Gasteiger partial charge in [-0.05, 0) is 63.6 Å². The van der Waals surface area contributed by atoms with Crippen molar-refractivity contribution in [3.63, 3.8) is 0 Å². The molecule has 5 N–H and O–H groups in total. The van der Waals surface area contributed by atoms with Crippen LogP contribution < -0.4 is 4.74 Å². The van der Waals surface area contributed by atoms with E-state index in [9.17, 15) is 20.4 Å². The maximum Gasteiger partial charge on any atom is 0.178 e. The number of aryl methyl sites for hydroxylation is 1. The van der Waals surface area contributed by atoms with Crippen molar-refractivity contribution in [2.75, 3.05) is 13.2 Å². The first-order valence-electron chi connectivity index (χ1n) is 13.6. The maximum absolute atomic E-state index is 10.3. The third-order valence-electron chi connectivity index (χ3n) is 7.16. The lowest BCUT2D eigenvalue weighted by molar-refractivity contribution is -0.0550. The molecular formula is C30H44NO6+. The Bertz CT molecular complexity index is 940. The van der Waals surface area contributed by atoms with Crippen LogP contribution in [0.2, 0.25) is 0 Å². The molecule has 0 spiro atoms. The third-order valence-corrected chi connectivity index (χ3v) is 7.16. The van der Waals surface area contributed by atoms with Crippen molar-refractivity contribution >= 4 is 6.21 Å². The van der Waals surface area contributed by atoms with E-state index in [4.69, 9.17) is 9.47 Å². The molecule has 204 valence electrons. The summed E-state index contributed by atoms with van der Waals surface area (Å²) in [6.45, 7) is 6.32. The van der Waals surface area contributed by atoms with Gasteiger partial charge in [0, 0.05) is 18.9 Å². The summed E-state index contributed by atoms with van der Waals surface area (Å²) in [6.07, 6.45) is 12.4. The summed E-state index contributed by atoms with van der Waals surface area (Å²) in [5, 5.41) is 39.2. The van der Waals surface area contributed by atoms with Crippen LogP contribution in [0.25, 0.3) is 0 Å².